The summed E-state index contributed by atoms with van der Waals surface area (Å²) in [5, 5.41) is 10.7. The van der Waals surface area contributed by atoms with Crippen LogP contribution in [0.25, 0.3) is 0 Å². The Morgan fingerprint density at radius 3 is 2.62 bits per heavy atom. The van der Waals surface area contributed by atoms with Crippen LogP contribution in [0.3, 0.4) is 0 Å². The van der Waals surface area contributed by atoms with E-state index in [-0.39, 0.29) is 29.8 Å². The molecule has 7 unspecified atom stereocenters. The quantitative estimate of drug-likeness (QED) is 0.909. The van der Waals surface area contributed by atoms with Gasteiger partial charge >= 0.3 is 0 Å². The standard InChI is InChI=1S/C20H23NO3/c22-17-13-10-14-16-15(13)19(23)21(12-8-2-1-3-9-12)20(16,24-18(14)17)11-6-4-5-7-11/h1-3,8-9,11,13-18,22H,4-7,10H2. The molecule has 1 N–H and O–H groups in total. The first kappa shape index (κ1) is 13.9. The number of hydrogen-bond acceptors (Lipinski definition) is 3. The first-order valence-corrected chi connectivity index (χ1v) is 9.48. The molecule has 3 aliphatic carbocycles. The number of carbonyl (C=O) groups excluding carboxylic acids is 1. The lowest BCUT2D eigenvalue weighted by atomic mass is 9.73. The second-order valence-electron chi connectivity index (χ2n) is 8.43. The number of amides is 1. The van der Waals surface area contributed by atoms with Gasteiger partial charge in [-0.05, 0) is 43.2 Å². The van der Waals surface area contributed by atoms with Gasteiger partial charge in [-0.25, -0.2) is 0 Å². The summed E-state index contributed by atoms with van der Waals surface area (Å²) in [6.45, 7) is 0. The largest absolute Gasteiger partial charge is 0.390 e. The van der Waals surface area contributed by atoms with Gasteiger partial charge in [-0.2, -0.15) is 0 Å². The average Bonchev–Trinajstić information content (AvgIpc) is 3.35. The van der Waals surface area contributed by atoms with E-state index in [1.165, 1.54) is 12.8 Å². The molecule has 24 heavy (non-hydrogen) atoms. The zero-order valence-corrected chi connectivity index (χ0v) is 13.7. The summed E-state index contributed by atoms with van der Waals surface area (Å²) >= 11 is 0. The molecular formula is C20H23NO3. The highest BCUT2D eigenvalue weighted by molar-refractivity contribution is 6.00. The van der Waals surface area contributed by atoms with Crippen LogP contribution >= 0.6 is 0 Å². The van der Waals surface area contributed by atoms with E-state index in [9.17, 15) is 9.90 Å². The van der Waals surface area contributed by atoms with E-state index in [4.69, 9.17) is 4.74 Å². The maximum atomic E-state index is 13.5. The number of fused-ring (bicyclic) bond motifs is 2. The maximum absolute atomic E-state index is 13.5. The van der Waals surface area contributed by atoms with Crippen molar-refractivity contribution < 1.29 is 14.6 Å². The molecule has 0 aromatic heterocycles. The molecule has 2 saturated heterocycles. The summed E-state index contributed by atoms with van der Waals surface area (Å²) in [5.74, 6) is 1.33. The fraction of sp³-hybridized carbons (Fsp3) is 0.650. The predicted molar refractivity (Wildman–Crippen MR) is 88.1 cm³/mol. The molecule has 0 spiro atoms. The highest BCUT2D eigenvalue weighted by atomic mass is 16.6. The molecule has 4 heteroatoms. The van der Waals surface area contributed by atoms with Crippen molar-refractivity contribution in [2.45, 2.75) is 50.0 Å². The maximum Gasteiger partial charge on any atom is 0.233 e. The molecule has 4 nitrogen and oxygen atoms in total. The van der Waals surface area contributed by atoms with Crippen LogP contribution in [0.4, 0.5) is 5.69 Å². The van der Waals surface area contributed by atoms with Gasteiger partial charge in [-0.1, -0.05) is 31.0 Å². The van der Waals surface area contributed by atoms with Gasteiger partial charge in [0.1, 0.15) is 0 Å². The molecular weight excluding hydrogens is 302 g/mol. The van der Waals surface area contributed by atoms with Gasteiger partial charge in [0.25, 0.3) is 0 Å². The van der Waals surface area contributed by atoms with E-state index in [0.29, 0.717) is 11.8 Å². The zero-order valence-electron chi connectivity index (χ0n) is 13.7. The SMILES string of the molecule is O=C1C2C3CC4C(OC(C5CCCC5)(C42)N1c1ccccc1)C3O. The van der Waals surface area contributed by atoms with Gasteiger partial charge in [0.2, 0.25) is 5.91 Å². The van der Waals surface area contributed by atoms with E-state index in [2.05, 4.69) is 0 Å². The summed E-state index contributed by atoms with van der Waals surface area (Å²) in [6.07, 6.45) is 5.21. The Labute approximate surface area is 141 Å². The molecule has 1 amide bonds. The van der Waals surface area contributed by atoms with Crippen molar-refractivity contribution in [1.82, 2.24) is 0 Å². The minimum atomic E-state index is -0.499. The van der Waals surface area contributed by atoms with Crippen LogP contribution in [0.2, 0.25) is 0 Å². The molecule has 2 bridgehead atoms. The topological polar surface area (TPSA) is 49.8 Å². The van der Waals surface area contributed by atoms with Crippen molar-refractivity contribution in [2.75, 3.05) is 4.90 Å². The third kappa shape index (κ3) is 1.35. The Hall–Kier alpha value is -1.39. The highest BCUT2D eigenvalue weighted by Crippen LogP contribution is 2.70. The third-order valence-corrected chi connectivity index (χ3v) is 7.66. The highest BCUT2D eigenvalue weighted by Gasteiger charge is 2.79. The minimum Gasteiger partial charge on any atom is -0.390 e. The van der Waals surface area contributed by atoms with Gasteiger partial charge in [0.15, 0.2) is 5.72 Å². The van der Waals surface area contributed by atoms with Gasteiger partial charge in [-0.15, -0.1) is 0 Å². The molecule has 7 atom stereocenters. The monoisotopic (exact) mass is 325 g/mol. The molecule has 5 aliphatic rings. The van der Waals surface area contributed by atoms with E-state index >= 15 is 0 Å². The molecule has 2 aliphatic heterocycles. The number of carbonyl (C=O) groups is 1. The van der Waals surface area contributed by atoms with Gasteiger partial charge < -0.3 is 9.84 Å². The van der Waals surface area contributed by atoms with Gasteiger partial charge in [0.05, 0.1) is 18.1 Å². The van der Waals surface area contributed by atoms with Crippen molar-refractivity contribution in [1.29, 1.82) is 0 Å². The van der Waals surface area contributed by atoms with Crippen molar-refractivity contribution in [2.24, 2.45) is 29.6 Å². The molecule has 5 fully saturated rings. The lowest BCUT2D eigenvalue weighted by Gasteiger charge is -2.43. The molecule has 6 rings (SSSR count). The van der Waals surface area contributed by atoms with Crippen LogP contribution in [0.15, 0.2) is 30.3 Å². The number of hydrogen-bond donors (Lipinski definition) is 1. The fourth-order valence-electron chi connectivity index (χ4n) is 7.00. The zero-order chi connectivity index (χ0) is 16.1. The summed E-state index contributed by atoms with van der Waals surface area (Å²) in [4.78, 5) is 15.5. The molecule has 0 radical (unpaired) electrons. The van der Waals surface area contributed by atoms with Crippen molar-refractivity contribution in [3.05, 3.63) is 30.3 Å². The summed E-state index contributed by atoms with van der Waals surface area (Å²) in [7, 11) is 0. The summed E-state index contributed by atoms with van der Waals surface area (Å²) < 4.78 is 6.71. The number of rotatable bonds is 2. The van der Waals surface area contributed by atoms with E-state index in [0.717, 1.165) is 24.9 Å². The molecule has 126 valence electrons. The van der Waals surface area contributed by atoms with Crippen molar-refractivity contribution >= 4 is 11.6 Å². The van der Waals surface area contributed by atoms with Crippen LogP contribution in [0.5, 0.6) is 0 Å². The summed E-state index contributed by atoms with van der Waals surface area (Å²) in [6, 6.07) is 10.1. The third-order valence-electron chi connectivity index (χ3n) is 7.66. The number of aliphatic hydroxyl groups is 1. The Bertz CT molecular complexity index is 700. The molecule has 3 saturated carbocycles. The average molecular weight is 325 g/mol. The first-order chi connectivity index (χ1) is 11.7. The molecule has 2 heterocycles. The van der Waals surface area contributed by atoms with E-state index < -0.39 is 11.8 Å². The van der Waals surface area contributed by atoms with Gasteiger partial charge in [0, 0.05) is 17.5 Å². The minimum absolute atomic E-state index is 0.0374. The van der Waals surface area contributed by atoms with Crippen LogP contribution in [0, 0.1) is 29.6 Å². The van der Waals surface area contributed by atoms with E-state index in [1.54, 1.807) is 0 Å². The van der Waals surface area contributed by atoms with Crippen LogP contribution in [-0.4, -0.2) is 28.9 Å². The second-order valence-corrected chi connectivity index (χ2v) is 8.43. The van der Waals surface area contributed by atoms with Crippen molar-refractivity contribution in [3.8, 4) is 0 Å². The molecule has 1 aromatic rings. The van der Waals surface area contributed by atoms with Crippen LogP contribution in [0.1, 0.15) is 32.1 Å². The predicted octanol–water partition coefficient (Wildman–Crippen LogP) is 2.56. The van der Waals surface area contributed by atoms with Crippen molar-refractivity contribution in [3.63, 3.8) is 0 Å². The fourth-order valence-corrected chi connectivity index (χ4v) is 7.00. The summed E-state index contributed by atoms with van der Waals surface area (Å²) in [5.41, 5.74) is 0.472. The number of para-hydroxylation sites is 1. The number of benzene rings is 1. The Morgan fingerprint density at radius 1 is 1.12 bits per heavy atom. The smallest absolute Gasteiger partial charge is 0.233 e. The lowest BCUT2D eigenvalue weighted by Crippen LogP contribution is -2.55. The van der Waals surface area contributed by atoms with Crippen LogP contribution < -0.4 is 4.90 Å². The number of anilines is 1. The Kier molecular flexibility index (Phi) is 2.55. The number of aliphatic hydroxyl groups excluding tert-OH is 1. The first-order valence-electron chi connectivity index (χ1n) is 9.48. The number of nitrogens with zero attached hydrogens (tertiary/aromatic N) is 1. The van der Waals surface area contributed by atoms with Crippen LogP contribution in [-0.2, 0) is 9.53 Å². The number of ether oxygens (including phenoxy) is 1. The Morgan fingerprint density at radius 2 is 1.88 bits per heavy atom. The lowest BCUT2D eigenvalue weighted by molar-refractivity contribution is -0.138. The second kappa shape index (κ2) is 4.41. The normalized spacial score (nSPS) is 48.9. The Balaban J connectivity index is 1.56. The molecule has 1 aromatic carbocycles. The van der Waals surface area contributed by atoms with E-state index in [1.807, 2.05) is 35.2 Å². The van der Waals surface area contributed by atoms with Gasteiger partial charge in [-0.3, -0.25) is 9.69 Å².